The molecule has 1 amide bonds. The second kappa shape index (κ2) is 8.01. The van der Waals surface area contributed by atoms with Gasteiger partial charge in [0.1, 0.15) is 5.82 Å². The highest BCUT2D eigenvalue weighted by Crippen LogP contribution is 2.24. The van der Waals surface area contributed by atoms with Crippen LogP contribution in [-0.2, 0) is 6.42 Å². The van der Waals surface area contributed by atoms with Crippen LogP contribution < -0.4 is 5.32 Å². The van der Waals surface area contributed by atoms with E-state index in [1.807, 2.05) is 60.7 Å². The maximum Gasteiger partial charge on any atom is 0.252 e. The van der Waals surface area contributed by atoms with E-state index in [1.165, 1.54) is 12.1 Å². The first-order chi connectivity index (χ1) is 13.7. The number of hydrogen-bond donors (Lipinski definition) is 1. The molecule has 0 aliphatic heterocycles. The van der Waals surface area contributed by atoms with E-state index >= 15 is 0 Å². The second-order valence-corrected chi connectivity index (χ2v) is 6.57. The van der Waals surface area contributed by atoms with E-state index in [2.05, 4.69) is 5.32 Å². The highest BCUT2D eigenvalue weighted by atomic mass is 19.1. The van der Waals surface area contributed by atoms with Gasteiger partial charge in [-0.05, 0) is 36.2 Å². The first-order valence-corrected chi connectivity index (χ1v) is 9.18. The molecular weight excluding hydrogens is 351 g/mol. The Morgan fingerprint density at radius 3 is 2.39 bits per heavy atom. The number of hydrogen-bond acceptors (Lipinski definition) is 2. The molecule has 1 N–H and O–H groups in total. The minimum atomic E-state index is -0.260. The first-order valence-electron chi connectivity index (χ1n) is 9.18. The molecule has 0 radical (unpaired) electrons. The predicted molar refractivity (Wildman–Crippen MR) is 110 cm³/mol. The number of nitrogens with zero attached hydrogens (tertiary/aromatic N) is 1. The van der Waals surface area contributed by atoms with E-state index in [1.54, 1.807) is 12.1 Å². The quantitative estimate of drug-likeness (QED) is 0.536. The van der Waals surface area contributed by atoms with Crippen molar-refractivity contribution in [3.05, 3.63) is 102 Å². The van der Waals surface area contributed by atoms with Crippen LogP contribution in [0.25, 0.3) is 22.2 Å². The number of pyridine rings is 1. The molecule has 0 fully saturated rings. The summed E-state index contributed by atoms with van der Waals surface area (Å²) in [7, 11) is 0. The van der Waals surface area contributed by atoms with Gasteiger partial charge in [0.25, 0.3) is 5.91 Å². The molecule has 0 bridgehead atoms. The fourth-order valence-corrected chi connectivity index (χ4v) is 3.19. The van der Waals surface area contributed by atoms with Crippen LogP contribution in [0.15, 0.2) is 84.9 Å². The molecule has 4 aromatic rings. The standard InChI is InChI=1S/C24H19FN2O/c25-19-12-10-17(11-13-19)14-15-26-24(28)21-16-23(18-6-2-1-3-7-18)27-22-9-5-4-8-20(21)22/h1-13,16H,14-15H2,(H,26,28). The van der Waals surface area contributed by atoms with Crippen LogP contribution in [0, 0.1) is 5.82 Å². The minimum absolute atomic E-state index is 0.141. The van der Waals surface area contributed by atoms with Gasteiger partial charge in [0.15, 0.2) is 0 Å². The van der Waals surface area contributed by atoms with Gasteiger partial charge in [0, 0.05) is 17.5 Å². The molecule has 138 valence electrons. The van der Waals surface area contributed by atoms with Crippen molar-refractivity contribution in [3.8, 4) is 11.3 Å². The van der Waals surface area contributed by atoms with E-state index < -0.39 is 0 Å². The molecule has 28 heavy (non-hydrogen) atoms. The number of aromatic nitrogens is 1. The number of rotatable bonds is 5. The van der Waals surface area contributed by atoms with Gasteiger partial charge in [-0.15, -0.1) is 0 Å². The fraction of sp³-hybridized carbons (Fsp3) is 0.0833. The van der Waals surface area contributed by atoms with Crippen molar-refractivity contribution in [2.75, 3.05) is 6.54 Å². The Hall–Kier alpha value is -3.53. The summed E-state index contributed by atoms with van der Waals surface area (Å²) in [6.07, 6.45) is 0.639. The van der Waals surface area contributed by atoms with Gasteiger partial charge in [-0.25, -0.2) is 9.37 Å². The lowest BCUT2D eigenvalue weighted by molar-refractivity contribution is 0.0955. The summed E-state index contributed by atoms with van der Waals surface area (Å²) >= 11 is 0. The van der Waals surface area contributed by atoms with Crippen LogP contribution >= 0.6 is 0 Å². The lowest BCUT2D eigenvalue weighted by Crippen LogP contribution is -2.26. The summed E-state index contributed by atoms with van der Waals surface area (Å²) in [4.78, 5) is 17.6. The summed E-state index contributed by atoms with van der Waals surface area (Å²) in [6, 6.07) is 25.6. The molecule has 1 aromatic heterocycles. The van der Waals surface area contributed by atoms with Crippen molar-refractivity contribution in [2.45, 2.75) is 6.42 Å². The average Bonchev–Trinajstić information content (AvgIpc) is 2.75. The number of fused-ring (bicyclic) bond motifs is 1. The molecule has 0 atom stereocenters. The molecule has 3 aromatic carbocycles. The Bertz CT molecular complexity index is 1110. The van der Waals surface area contributed by atoms with Gasteiger partial charge in [-0.1, -0.05) is 60.7 Å². The lowest BCUT2D eigenvalue weighted by Gasteiger charge is -2.11. The minimum Gasteiger partial charge on any atom is -0.352 e. The fourth-order valence-electron chi connectivity index (χ4n) is 3.19. The third-order valence-corrected chi connectivity index (χ3v) is 4.64. The number of carbonyl (C=O) groups is 1. The number of nitrogens with one attached hydrogen (secondary N) is 1. The number of benzene rings is 3. The smallest absolute Gasteiger partial charge is 0.252 e. The molecule has 3 nitrogen and oxygen atoms in total. The summed E-state index contributed by atoms with van der Waals surface area (Å²) in [5, 5.41) is 3.79. The van der Waals surface area contributed by atoms with Gasteiger partial charge in [-0.3, -0.25) is 4.79 Å². The summed E-state index contributed by atoms with van der Waals surface area (Å²) in [5.74, 6) is -0.401. The molecule has 4 heteroatoms. The van der Waals surface area contributed by atoms with E-state index in [0.29, 0.717) is 18.5 Å². The van der Waals surface area contributed by atoms with Crippen molar-refractivity contribution in [3.63, 3.8) is 0 Å². The van der Waals surface area contributed by atoms with Crippen molar-refractivity contribution < 1.29 is 9.18 Å². The van der Waals surface area contributed by atoms with Gasteiger partial charge in [-0.2, -0.15) is 0 Å². The normalized spacial score (nSPS) is 10.8. The van der Waals surface area contributed by atoms with Gasteiger partial charge >= 0.3 is 0 Å². The monoisotopic (exact) mass is 370 g/mol. The van der Waals surface area contributed by atoms with Crippen LogP contribution in [0.1, 0.15) is 15.9 Å². The Labute approximate surface area is 162 Å². The highest BCUT2D eigenvalue weighted by Gasteiger charge is 2.13. The van der Waals surface area contributed by atoms with Crippen LogP contribution in [0.3, 0.4) is 0 Å². The van der Waals surface area contributed by atoms with Gasteiger partial charge in [0.05, 0.1) is 16.8 Å². The topological polar surface area (TPSA) is 42.0 Å². The highest BCUT2D eigenvalue weighted by molar-refractivity contribution is 6.07. The molecular formula is C24H19FN2O. The van der Waals surface area contributed by atoms with Crippen LogP contribution in [0.5, 0.6) is 0 Å². The molecule has 0 aliphatic rings. The van der Waals surface area contributed by atoms with E-state index in [4.69, 9.17) is 4.98 Å². The number of carbonyl (C=O) groups excluding carboxylic acids is 1. The van der Waals surface area contributed by atoms with Crippen molar-refractivity contribution in [1.82, 2.24) is 10.3 Å². The Morgan fingerprint density at radius 1 is 0.893 bits per heavy atom. The molecule has 0 unspecified atom stereocenters. The summed E-state index contributed by atoms with van der Waals surface area (Å²) < 4.78 is 13.0. The van der Waals surface area contributed by atoms with Crippen molar-refractivity contribution >= 4 is 16.8 Å². The van der Waals surface area contributed by atoms with E-state index in [-0.39, 0.29) is 11.7 Å². The molecule has 0 aliphatic carbocycles. The molecule has 4 rings (SSSR count). The number of amides is 1. The Balaban J connectivity index is 1.59. The molecule has 0 spiro atoms. The number of halogens is 1. The average molecular weight is 370 g/mol. The summed E-state index contributed by atoms with van der Waals surface area (Å²) in [5.41, 5.74) is 4.10. The van der Waals surface area contributed by atoms with Crippen molar-refractivity contribution in [1.29, 1.82) is 0 Å². The maximum absolute atomic E-state index is 13.0. The zero-order chi connectivity index (χ0) is 19.3. The van der Waals surface area contributed by atoms with E-state index in [0.717, 1.165) is 27.7 Å². The molecule has 0 saturated heterocycles. The lowest BCUT2D eigenvalue weighted by atomic mass is 10.0. The third-order valence-electron chi connectivity index (χ3n) is 4.64. The Kier molecular flexibility index (Phi) is 5.11. The third kappa shape index (κ3) is 3.91. The SMILES string of the molecule is O=C(NCCc1ccc(F)cc1)c1cc(-c2ccccc2)nc2ccccc12. The van der Waals surface area contributed by atoms with E-state index in [9.17, 15) is 9.18 Å². The Morgan fingerprint density at radius 2 is 1.61 bits per heavy atom. The molecule has 0 saturated carbocycles. The van der Waals surface area contributed by atoms with Gasteiger partial charge in [0.2, 0.25) is 0 Å². The van der Waals surface area contributed by atoms with Crippen LogP contribution in [-0.4, -0.2) is 17.4 Å². The number of para-hydroxylation sites is 1. The second-order valence-electron chi connectivity index (χ2n) is 6.57. The molecule has 1 heterocycles. The predicted octanol–water partition coefficient (Wildman–Crippen LogP) is 5.01. The zero-order valence-electron chi connectivity index (χ0n) is 15.2. The van der Waals surface area contributed by atoms with Crippen LogP contribution in [0.2, 0.25) is 0 Å². The zero-order valence-corrected chi connectivity index (χ0v) is 15.2. The largest absolute Gasteiger partial charge is 0.352 e. The first kappa shape index (κ1) is 17.9. The van der Waals surface area contributed by atoms with Crippen molar-refractivity contribution in [2.24, 2.45) is 0 Å². The van der Waals surface area contributed by atoms with Crippen LogP contribution in [0.4, 0.5) is 4.39 Å². The van der Waals surface area contributed by atoms with Gasteiger partial charge < -0.3 is 5.32 Å². The summed E-state index contributed by atoms with van der Waals surface area (Å²) in [6.45, 7) is 0.474. The maximum atomic E-state index is 13.0.